The number of aliphatic carboxylic acids is 1. The average molecular weight is 382 g/mol. The summed E-state index contributed by atoms with van der Waals surface area (Å²) < 4.78 is 31.7. The maximum atomic E-state index is 11.7. The van der Waals surface area contributed by atoms with Crippen molar-refractivity contribution in [2.24, 2.45) is 22.4 Å². The summed E-state index contributed by atoms with van der Waals surface area (Å²) >= 11 is 0. The van der Waals surface area contributed by atoms with Crippen molar-refractivity contribution in [3.63, 3.8) is 0 Å². The summed E-state index contributed by atoms with van der Waals surface area (Å²) in [6.45, 7) is 7.49. The van der Waals surface area contributed by atoms with Gasteiger partial charge in [-0.3, -0.25) is 9.79 Å². The normalized spacial score (nSPS) is 11.4. The van der Waals surface area contributed by atoms with E-state index in [1.54, 1.807) is 0 Å². The molecule has 152 valence electrons. The summed E-state index contributed by atoms with van der Waals surface area (Å²) in [6.07, 6.45) is 0.745. The van der Waals surface area contributed by atoms with Crippen molar-refractivity contribution in [3.8, 4) is 0 Å². The van der Waals surface area contributed by atoms with E-state index in [1.165, 1.54) is 0 Å². The molecule has 0 saturated carbocycles. The highest BCUT2D eigenvalue weighted by Crippen LogP contribution is 2.13. The number of unbranched alkanes of at least 4 members (excludes halogenated alkanes) is 1. The minimum atomic E-state index is -5.08. The Morgan fingerprint density at radius 3 is 2.19 bits per heavy atom. The quantitative estimate of drug-likeness (QED) is 0.210. The fourth-order valence-electron chi connectivity index (χ4n) is 1.51. The molecule has 0 aromatic carbocycles. The number of carbonyl (C=O) groups excluding carboxylic acids is 1. The zero-order valence-electron chi connectivity index (χ0n) is 15.4. The molecule has 7 nitrogen and oxygen atoms in total. The highest BCUT2D eigenvalue weighted by Gasteiger charge is 2.38. The molecule has 0 radical (unpaired) electrons. The van der Waals surface area contributed by atoms with Crippen molar-refractivity contribution in [1.82, 2.24) is 5.32 Å². The third-order valence-electron chi connectivity index (χ3n) is 2.96. The van der Waals surface area contributed by atoms with Crippen LogP contribution in [0.25, 0.3) is 0 Å². The van der Waals surface area contributed by atoms with Crippen molar-refractivity contribution >= 4 is 17.8 Å². The largest absolute Gasteiger partial charge is 0.490 e. The zero-order valence-corrected chi connectivity index (χ0v) is 15.4. The summed E-state index contributed by atoms with van der Waals surface area (Å²) in [5, 5.41) is 10.0. The predicted octanol–water partition coefficient (Wildman–Crippen LogP) is 2.17. The van der Waals surface area contributed by atoms with Crippen LogP contribution in [0.3, 0.4) is 0 Å². The van der Waals surface area contributed by atoms with Gasteiger partial charge in [0.25, 0.3) is 0 Å². The second-order valence-electron chi connectivity index (χ2n) is 5.93. The Labute approximate surface area is 151 Å². The molecule has 0 rings (SSSR count). The van der Waals surface area contributed by atoms with Gasteiger partial charge in [-0.2, -0.15) is 13.2 Å². The number of hydrogen-bond acceptors (Lipinski definition) is 3. The molecule has 0 bridgehead atoms. The van der Waals surface area contributed by atoms with Crippen molar-refractivity contribution in [2.45, 2.75) is 52.6 Å². The monoisotopic (exact) mass is 382 g/mol. The van der Waals surface area contributed by atoms with Gasteiger partial charge in [-0.05, 0) is 38.5 Å². The highest BCUT2D eigenvalue weighted by molar-refractivity contribution is 5.92. The highest BCUT2D eigenvalue weighted by atomic mass is 19.4. The Morgan fingerprint density at radius 1 is 1.23 bits per heavy atom. The molecule has 0 atom stereocenters. The number of allylic oxidation sites excluding steroid dienone is 1. The van der Waals surface area contributed by atoms with Crippen LogP contribution in [0.1, 0.15) is 46.5 Å². The van der Waals surface area contributed by atoms with Gasteiger partial charge < -0.3 is 21.9 Å². The van der Waals surface area contributed by atoms with Gasteiger partial charge in [-0.15, -0.1) is 0 Å². The number of aliphatic imine (C=N–C) groups is 1. The molecule has 0 spiro atoms. The number of guanidine groups is 1. The number of carboxylic acid groups (broad SMARTS) is 1. The van der Waals surface area contributed by atoms with E-state index in [9.17, 15) is 18.0 Å². The summed E-state index contributed by atoms with van der Waals surface area (Å²) in [7, 11) is 0. The van der Waals surface area contributed by atoms with Crippen LogP contribution < -0.4 is 16.8 Å². The minimum Gasteiger partial charge on any atom is -0.475 e. The molecule has 6 N–H and O–H groups in total. The lowest BCUT2D eigenvalue weighted by atomic mass is 10.1. The van der Waals surface area contributed by atoms with E-state index in [4.69, 9.17) is 21.4 Å². The van der Waals surface area contributed by atoms with Gasteiger partial charge in [0.2, 0.25) is 5.91 Å². The second kappa shape index (κ2) is 14.0. The number of nitrogens with zero attached hydrogens (tertiary/aromatic N) is 1. The van der Waals surface area contributed by atoms with Crippen molar-refractivity contribution in [3.05, 3.63) is 11.6 Å². The number of carbonyl (C=O) groups is 2. The van der Waals surface area contributed by atoms with E-state index in [0.717, 1.165) is 31.3 Å². The Balaban J connectivity index is 0. The van der Waals surface area contributed by atoms with Gasteiger partial charge >= 0.3 is 12.1 Å². The number of hydrogen-bond donors (Lipinski definition) is 4. The minimum absolute atomic E-state index is 0.0191. The fourth-order valence-corrected chi connectivity index (χ4v) is 1.51. The van der Waals surface area contributed by atoms with Crippen LogP contribution in [0.4, 0.5) is 13.2 Å². The van der Waals surface area contributed by atoms with E-state index in [2.05, 4.69) is 24.2 Å². The Bertz CT molecular complexity index is 486. The molecular formula is C16H29F3N4O3. The van der Waals surface area contributed by atoms with Crippen LogP contribution in [0, 0.1) is 5.92 Å². The molecule has 0 aromatic rings. The number of amides is 1. The topological polar surface area (TPSA) is 131 Å². The van der Waals surface area contributed by atoms with E-state index < -0.39 is 12.1 Å². The molecule has 0 heterocycles. The summed E-state index contributed by atoms with van der Waals surface area (Å²) in [5.74, 6) is -1.95. The van der Waals surface area contributed by atoms with Crippen LogP contribution in [-0.2, 0) is 9.59 Å². The molecular weight excluding hydrogens is 353 g/mol. The summed E-state index contributed by atoms with van der Waals surface area (Å²) in [4.78, 5) is 24.5. The van der Waals surface area contributed by atoms with Gasteiger partial charge in [0.1, 0.15) is 0 Å². The van der Waals surface area contributed by atoms with Crippen molar-refractivity contribution < 1.29 is 27.9 Å². The number of nitrogens with two attached hydrogens (primary N) is 2. The molecule has 26 heavy (non-hydrogen) atoms. The average Bonchev–Trinajstić information content (AvgIpc) is 2.49. The fraction of sp³-hybridized carbons (Fsp3) is 0.688. The predicted molar refractivity (Wildman–Crippen MR) is 94.4 cm³/mol. The number of nitrogens with one attached hydrogen (secondary N) is 1. The standard InChI is InChI=1S/C14H28N4O.C2HF3O2/c1-11(2)7-6-8-12(3)13(19)17-9-4-5-10-18-14(15)16;3-2(4,5)1(6)7/h8,11H,4-7,9-10H2,1-3H3,(H,17,19)(H4,15,16,18);(H,6,7)/b12-8-;. The van der Waals surface area contributed by atoms with E-state index in [1.807, 2.05) is 13.0 Å². The first kappa shape index (κ1) is 26.0. The Morgan fingerprint density at radius 2 is 1.77 bits per heavy atom. The van der Waals surface area contributed by atoms with E-state index in [-0.39, 0.29) is 11.9 Å². The Hall–Kier alpha value is -2.26. The second-order valence-corrected chi connectivity index (χ2v) is 5.93. The lowest BCUT2D eigenvalue weighted by molar-refractivity contribution is -0.192. The van der Waals surface area contributed by atoms with Gasteiger partial charge in [-0.1, -0.05) is 19.9 Å². The van der Waals surface area contributed by atoms with Crippen LogP contribution >= 0.6 is 0 Å². The van der Waals surface area contributed by atoms with Crippen LogP contribution in [0.5, 0.6) is 0 Å². The molecule has 0 aromatic heterocycles. The van der Waals surface area contributed by atoms with Crippen molar-refractivity contribution in [1.29, 1.82) is 0 Å². The third kappa shape index (κ3) is 18.1. The SMILES string of the molecule is C/C(=C/CCC(C)C)C(=O)NCCCCN=C(N)N.O=C(O)C(F)(F)F. The molecule has 0 aliphatic carbocycles. The molecule has 0 fully saturated rings. The molecule has 0 aliphatic heterocycles. The Kier molecular flexibility index (Phi) is 14.0. The third-order valence-corrected chi connectivity index (χ3v) is 2.96. The number of halogens is 3. The van der Waals surface area contributed by atoms with E-state index in [0.29, 0.717) is 19.0 Å². The van der Waals surface area contributed by atoms with Gasteiger partial charge in [0.05, 0.1) is 0 Å². The number of rotatable bonds is 9. The first-order valence-electron chi connectivity index (χ1n) is 8.18. The van der Waals surface area contributed by atoms with Crippen LogP contribution in [0.15, 0.2) is 16.6 Å². The molecule has 0 unspecified atom stereocenters. The smallest absolute Gasteiger partial charge is 0.475 e. The number of carboxylic acids is 1. The van der Waals surface area contributed by atoms with Crippen molar-refractivity contribution in [2.75, 3.05) is 13.1 Å². The maximum absolute atomic E-state index is 11.7. The first-order valence-corrected chi connectivity index (χ1v) is 8.18. The van der Waals surface area contributed by atoms with Gasteiger partial charge in [0, 0.05) is 18.7 Å². The van der Waals surface area contributed by atoms with E-state index >= 15 is 0 Å². The van der Waals surface area contributed by atoms with Gasteiger partial charge in [0.15, 0.2) is 5.96 Å². The van der Waals surface area contributed by atoms with Gasteiger partial charge in [-0.25, -0.2) is 4.79 Å². The molecule has 0 saturated heterocycles. The summed E-state index contributed by atoms with van der Waals surface area (Å²) in [6, 6.07) is 0. The lowest BCUT2D eigenvalue weighted by Gasteiger charge is -2.05. The molecule has 0 aliphatic rings. The van der Waals surface area contributed by atoms with Crippen LogP contribution in [0.2, 0.25) is 0 Å². The number of alkyl halides is 3. The zero-order chi connectivity index (χ0) is 20.8. The lowest BCUT2D eigenvalue weighted by Crippen LogP contribution is -2.25. The maximum Gasteiger partial charge on any atom is 0.490 e. The summed E-state index contributed by atoms with van der Waals surface area (Å²) in [5.41, 5.74) is 11.2. The molecule has 10 heteroatoms. The molecule has 1 amide bonds. The van der Waals surface area contributed by atoms with Crippen LogP contribution in [-0.4, -0.2) is 42.2 Å². The first-order chi connectivity index (χ1) is 11.9.